The SMILES string of the molecule is N#Cc1ccc(NC(=O)c2ccc([N+](=O)[O-])cc2)cc1. The highest BCUT2D eigenvalue weighted by Crippen LogP contribution is 2.14. The van der Waals surface area contributed by atoms with E-state index >= 15 is 0 Å². The van der Waals surface area contributed by atoms with Crippen molar-refractivity contribution < 1.29 is 9.72 Å². The minimum Gasteiger partial charge on any atom is -0.322 e. The highest BCUT2D eigenvalue weighted by atomic mass is 16.6. The molecule has 6 nitrogen and oxygen atoms in total. The molecule has 0 spiro atoms. The third kappa shape index (κ3) is 2.97. The predicted molar refractivity (Wildman–Crippen MR) is 72.2 cm³/mol. The van der Waals surface area contributed by atoms with Crippen molar-refractivity contribution in [3.63, 3.8) is 0 Å². The lowest BCUT2D eigenvalue weighted by molar-refractivity contribution is -0.384. The molecule has 0 atom stereocenters. The van der Waals surface area contributed by atoms with Crippen molar-refractivity contribution >= 4 is 17.3 Å². The molecule has 0 aliphatic carbocycles. The maximum absolute atomic E-state index is 11.9. The second kappa shape index (κ2) is 5.63. The second-order valence-corrected chi connectivity index (χ2v) is 3.95. The van der Waals surface area contributed by atoms with Crippen molar-refractivity contribution in [1.82, 2.24) is 0 Å². The van der Waals surface area contributed by atoms with Crippen molar-refractivity contribution in [1.29, 1.82) is 5.26 Å². The topological polar surface area (TPSA) is 96.0 Å². The Morgan fingerprint density at radius 1 is 1.10 bits per heavy atom. The van der Waals surface area contributed by atoms with Gasteiger partial charge in [0.05, 0.1) is 16.6 Å². The number of nitriles is 1. The molecule has 20 heavy (non-hydrogen) atoms. The number of hydrogen-bond acceptors (Lipinski definition) is 4. The second-order valence-electron chi connectivity index (χ2n) is 3.95. The number of amides is 1. The molecule has 0 aliphatic heterocycles. The summed E-state index contributed by atoms with van der Waals surface area (Å²) >= 11 is 0. The molecule has 0 saturated heterocycles. The van der Waals surface area contributed by atoms with Crippen LogP contribution >= 0.6 is 0 Å². The molecule has 2 aromatic carbocycles. The van der Waals surface area contributed by atoms with Crippen LogP contribution in [0.5, 0.6) is 0 Å². The minimum atomic E-state index is -0.525. The van der Waals surface area contributed by atoms with Crippen LogP contribution in [0.15, 0.2) is 48.5 Å². The lowest BCUT2D eigenvalue weighted by Gasteiger charge is -2.05. The van der Waals surface area contributed by atoms with Gasteiger partial charge in [-0.05, 0) is 36.4 Å². The average Bonchev–Trinajstić information content (AvgIpc) is 2.48. The maximum atomic E-state index is 11.9. The Bertz CT molecular complexity index is 685. The normalized spacial score (nSPS) is 9.55. The first-order valence-electron chi connectivity index (χ1n) is 5.66. The van der Waals surface area contributed by atoms with Crippen molar-refractivity contribution in [3.05, 3.63) is 69.8 Å². The first-order chi connectivity index (χ1) is 9.60. The zero-order valence-corrected chi connectivity index (χ0v) is 10.2. The molecule has 6 heteroatoms. The summed E-state index contributed by atoms with van der Waals surface area (Å²) in [6, 6.07) is 13.7. The lowest BCUT2D eigenvalue weighted by Crippen LogP contribution is -2.11. The highest BCUT2D eigenvalue weighted by Gasteiger charge is 2.09. The first-order valence-corrected chi connectivity index (χ1v) is 5.66. The number of nitro groups is 1. The van der Waals surface area contributed by atoms with Crippen LogP contribution < -0.4 is 5.32 Å². The van der Waals surface area contributed by atoms with Gasteiger partial charge in [-0.15, -0.1) is 0 Å². The van der Waals surface area contributed by atoms with Gasteiger partial charge in [0.2, 0.25) is 0 Å². The van der Waals surface area contributed by atoms with Crippen LogP contribution in [0.1, 0.15) is 15.9 Å². The van der Waals surface area contributed by atoms with E-state index in [2.05, 4.69) is 5.32 Å². The number of carbonyl (C=O) groups excluding carboxylic acids is 1. The summed E-state index contributed by atoms with van der Waals surface area (Å²) in [4.78, 5) is 21.9. The Kier molecular flexibility index (Phi) is 3.72. The number of carbonyl (C=O) groups is 1. The van der Waals surface area contributed by atoms with E-state index in [1.54, 1.807) is 24.3 Å². The van der Waals surface area contributed by atoms with Gasteiger partial charge in [-0.25, -0.2) is 0 Å². The van der Waals surface area contributed by atoms with Gasteiger partial charge in [0.25, 0.3) is 11.6 Å². The van der Waals surface area contributed by atoms with Gasteiger partial charge in [-0.3, -0.25) is 14.9 Å². The van der Waals surface area contributed by atoms with Gasteiger partial charge in [0.1, 0.15) is 0 Å². The predicted octanol–water partition coefficient (Wildman–Crippen LogP) is 2.72. The molecular weight excluding hydrogens is 258 g/mol. The van der Waals surface area contributed by atoms with Gasteiger partial charge in [-0.2, -0.15) is 5.26 Å². The van der Waals surface area contributed by atoms with Crippen molar-refractivity contribution in [2.75, 3.05) is 5.32 Å². The Labute approximate surface area is 114 Å². The number of benzene rings is 2. The van der Waals surface area contributed by atoms with E-state index in [4.69, 9.17) is 5.26 Å². The van der Waals surface area contributed by atoms with Crippen LogP contribution in [0.25, 0.3) is 0 Å². The zero-order chi connectivity index (χ0) is 14.5. The molecule has 1 amide bonds. The number of hydrogen-bond donors (Lipinski definition) is 1. The summed E-state index contributed by atoms with van der Waals surface area (Å²) in [6.07, 6.45) is 0. The molecule has 1 N–H and O–H groups in total. The molecule has 0 unspecified atom stereocenters. The van der Waals surface area contributed by atoms with E-state index in [1.165, 1.54) is 24.3 Å². The number of nitro benzene ring substituents is 1. The van der Waals surface area contributed by atoms with Gasteiger partial charge < -0.3 is 5.32 Å². The summed E-state index contributed by atoms with van der Waals surface area (Å²) < 4.78 is 0. The smallest absolute Gasteiger partial charge is 0.269 e. The molecule has 0 aliphatic rings. The zero-order valence-electron chi connectivity index (χ0n) is 10.2. The van der Waals surface area contributed by atoms with E-state index in [-0.39, 0.29) is 11.6 Å². The average molecular weight is 267 g/mol. The number of non-ortho nitro benzene ring substituents is 1. The quantitative estimate of drug-likeness (QED) is 0.683. The van der Waals surface area contributed by atoms with Crippen LogP contribution in [0.3, 0.4) is 0 Å². The number of nitrogens with zero attached hydrogens (tertiary/aromatic N) is 2. The molecule has 2 aromatic rings. The molecule has 0 radical (unpaired) electrons. The fourth-order valence-electron chi connectivity index (χ4n) is 1.57. The van der Waals surface area contributed by atoms with Crippen LogP contribution in [-0.2, 0) is 0 Å². The molecule has 98 valence electrons. The van der Waals surface area contributed by atoms with Gasteiger partial charge >= 0.3 is 0 Å². The van der Waals surface area contributed by atoms with E-state index < -0.39 is 4.92 Å². The summed E-state index contributed by atoms with van der Waals surface area (Å²) in [5.74, 6) is -0.371. The summed E-state index contributed by atoms with van der Waals surface area (Å²) in [6.45, 7) is 0. The Morgan fingerprint density at radius 2 is 1.70 bits per heavy atom. The van der Waals surface area contributed by atoms with Crippen molar-refractivity contribution in [3.8, 4) is 6.07 Å². The maximum Gasteiger partial charge on any atom is 0.269 e. The summed E-state index contributed by atoms with van der Waals surface area (Å²) in [7, 11) is 0. The number of rotatable bonds is 3. The minimum absolute atomic E-state index is 0.0695. The van der Waals surface area contributed by atoms with Crippen LogP contribution in [0, 0.1) is 21.4 Å². The van der Waals surface area contributed by atoms with Gasteiger partial charge in [-0.1, -0.05) is 0 Å². The van der Waals surface area contributed by atoms with Crippen LogP contribution in [0.2, 0.25) is 0 Å². The van der Waals surface area contributed by atoms with Gasteiger partial charge in [0.15, 0.2) is 0 Å². The fraction of sp³-hybridized carbons (Fsp3) is 0. The van der Waals surface area contributed by atoms with Crippen LogP contribution in [-0.4, -0.2) is 10.8 Å². The molecular formula is C14H9N3O3. The van der Waals surface area contributed by atoms with Gasteiger partial charge in [0, 0.05) is 23.4 Å². The third-order valence-electron chi connectivity index (χ3n) is 2.61. The van der Waals surface area contributed by atoms with E-state index in [0.29, 0.717) is 16.8 Å². The third-order valence-corrected chi connectivity index (χ3v) is 2.61. The van der Waals surface area contributed by atoms with Crippen molar-refractivity contribution in [2.45, 2.75) is 0 Å². The van der Waals surface area contributed by atoms with Crippen molar-refractivity contribution in [2.24, 2.45) is 0 Å². The molecule has 0 heterocycles. The number of nitrogens with one attached hydrogen (secondary N) is 1. The molecule has 0 saturated carbocycles. The van der Waals surface area contributed by atoms with E-state index in [9.17, 15) is 14.9 Å². The van der Waals surface area contributed by atoms with Crippen LogP contribution in [0.4, 0.5) is 11.4 Å². The lowest BCUT2D eigenvalue weighted by atomic mass is 10.2. The molecule has 0 aromatic heterocycles. The standard InChI is InChI=1S/C14H9N3O3/c15-9-10-1-5-12(6-2-10)16-14(18)11-3-7-13(8-4-11)17(19)20/h1-8H,(H,16,18). The number of anilines is 1. The fourth-order valence-corrected chi connectivity index (χ4v) is 1.57. The largest absolute Gasteiger partial charge is 0.322 e. The monoisotopic (exact) mass is 267 g/mol. The molecule has 2 rings (SSSR count). The summed E-state index contributed by atoms with van der Waals surface area (Å²) in [5, 5.41) is 21.8. The molecule has 0 bridgehead atoms. The Hall–Kier alpha value is -3.20. The summed E-state index contributed by atoms with van der Waals surface area (Å²) in [5.41, 5.74) is 1.30. The molecule has 0 fully saturated rings. The Morgan fingerprint density at radius 3 is 2.20 bits per heavy atom. The highest BCUT2D eigenvalue weighted by molar-refractivity contribution is 6.04. The first kappa shape index (κ1) is 13.2. The van der Waals surface area contributed by atoms with E-state index in [1.807, 2.05) is 6.07 Å². The van der Waals surface area contributed by atoms with E-state index in [0.717, 1.165) is 0 Å². The Balaban J connectivity index is 2.11.